The Bertz CT molecular complexity index is 3370. The molecule has 0 amide bonds. The number of benzene rings is 9. The second kappa shape index (κ2) is 9.63. The van der Waals surface area contributed by atoms with Gasteiger partial charge in [-0.3, -0.25) is 4.57 Å². The van der Waals surface area contributed by atoms with E-state index >= 15 is 0 Å². The van der Waals surface area contributed by atoms with Gasteiger partial charge in [-0.05, 0) is 73.4 Å². The third kappa shape index (κ3) is 3.38. The van der Waals surface area contributed by atoms with Crippen LogP contribution in [0.4, 0.5) is 0 Å². The molecular weight excluding hydrogens is 627 g/mol. The maximum atomic E-state index is 5.37. The number of hydrogen-bond donors (Lipinski definition) is 0. The highest BCUT2D eigenvalue weighted by Crippen LogP contribution is 2.49. The van der Waals surface area contributed by atoms with Gasteiger partial charge in [-0.15, -0.1) is 11.3 Å². The molecule has 9 aromatic carbocycles. The van der Waals surface area contributed by atoms with E-state index in [4.69, 9.17) is 9.97 Å². The molecule has 0 radical (unpaired) electrons. The van der Waals surface area contributed by atoms with Gasteiger partial charge < -0.3 is 0 Å². The van der Waals surface area contributed by atoms with E-state index < -0.39 is 0 Å². The first-order valence-electron chi connectivity index (χ1n) is 17.0. The van der Waals surface area contributed by atoms with Gasteiger partial charge in [0.15, 0.2) is 0 Å². The van der Waals surface area contributed by atoms with Crippen molar-refractivity contribution in [2.24, 2.45) is 0 Å². The molecule has 0 unspecified atom stereocenters. The van der Waals surface area contributed by atoms with Crippen LogP contribution in [0.1, 0.15) is 0 Å². The van der Waals surface area contributed by atoms with Crippen molar-refractivity contribution in [1.29, 1.82) is 0 Å². The van der Waals surface area contributed by atoms with Gasteiger partial charge in [0.25, 0.3) is 0 Å². The van der Waals surface area contributed by atoms with Crippen LogP contribution in [-0.2, 0) is 0 Å². The lowest BCUT2D eigenvalue weighted by atomic mass is 9.87. The molecule has 0 aliphatic heterocycles. The van der Waals surface area contributed by atoms with Crippen molar-refractivity contribution < 1.29 is 0 Å². The largest absolute Gasteiger partial charge is 0.278 e. The van der Waals surface area contributed by atoms with Crippen molar-refractivity contribution in [1.82, 2.24) is 14.5 Å². The van der Waals surface area contributed by atoms with Crippen molar-refractivity contribution in [3.63, 3.8) is 0 Å². The minimum Gasteiger partial charge on any atom is -0.278 e. The average Bonchev–Trinajstić information content (AvgIpc) is 3.72. The Kier molecular flexibility index (Phi) is 5.12. The van der Waals surface area contributed by atoms with Crippen LogP contribution in [0.3, 0.4) is 0 Å². The van der Waals surface area contributed by atoms with Crippen LogP contribution < -0.4 is 0 Å². The average molecular weight is 652 g/mol. The fraction of sp³-hybridized carbons (Fsp3) is 0. The van der Waals surface area contributed by atoms with E-state index in [2.05, 4.69) is 156 Å². The van der Waals surface area contributed by atoms with Crippen molar-refractivity contribution in [2.45, 2.75) is 0 Å². The molecule has 3 aromatic heterocycles. The van der Waals surface area contributed by atoms with E-state index in [1.54, 1.807) is 0 Å². The Labute approximate surface area is 289 Å². The molecule has 0 fully saturated rings. The van der Waals surface area contributed by atoms with Crippen LogP contribution in [-0.4, -0.2) is 14.5 Å². The quantitative estimate of drug-likeness (QED) is 0.138. The Hall–Kier alpha value is -6.36. The number of hydrogen-bond acceptors (Lipinski definition) is 3. The first-order chi connectivity index (χ1) is 24.8. The SMILES string of the molecule is c1ccc(-c2nc(-n3c4ccccc4c4c5cccc6c7cccc8c9c(cc(c(cc43)c65)c78)sc3ccccc39)nc3ccccc23)cc1. The zero-order valence-electron chi connectivity index (χ0n) is 26.7. The normalized spacial score (nSPS) is 12.4. The highest BCUT2D eigenvalue weighted by Gasteiger charge is 2.23. The summed E-state index contributed by atoms with van der Waals surface area (Å²) in [5.41, 5.74) is 5.16. The number of aromatic nitrogens is 3. The number of nitrogens with zero attached hydrogens (tertiary/aromatic N) is 3. The summed E-state index contributed by atoms with van der Waals surface area (Å²) in [6.45, 7) is 0. The van der Waals surface area contributed by atoms with Gasteiger partial charge in [-0.1, -0.05) is 121 Å². The zero-order chi connectivity index (χ0) is 32.5. The van der Waals surface area contributed by atoms with Crippen molar-refractivity contribution in [3.8, 4) is 17.2 Å². The Morgan fingerprint density at radius 3 is 1.82 bits per heavy atom. The molecule has 0 saturated heterocycles. The molecule has 0 atom stereocenters. The number of fused-ring (bicyclic) bond motifs is 11. The maximum absolute atomic E-state index is 5.37. The molecule has 12 aromatic rings. The lowest BCUT2D eigenvalue weighted by Gasteiger charge is -2.17. The molecular formula is C46H25N3S. The Morgan fingerprint density at radius 2 is 1.00 bits per heavy atom. The van der Waals surface area contributed by atoms with E-state index in [9.17, 15) is 0 Å². The number of thiophene rings is 1. The minimum absolute atomic E-state index is 0.678. The minimum atomic E-state index is 0.678. The maximum Gasteiger partial charge on any atom is 0.235 e. The van der Waals surface area contributed by atoms with Crippen LogP contribution in [0.15, 0.2) is 152 Å². The molecule has 0 aliphatic rings. The predicted molar refractivity (Wildman–Crippen MR) is 213 cm³/mol. The summed E-state index contributed by atoms with van der Waals surface area (Å²) in [4.78, 5) is 10.6. The molecule has 0 bridgehead atoms. The van der Waals surface area contributed by atoms with E-state index in [1.807, 2.05) is 11.3 Å². The molecule has 12 rings (SSSR count). The second-order valence-corrected chi connectivity index (χ2v) is 14.4. The van der Waals surface area contributed by atoms with Gasteiger partial charge in [0.1, 0.15) is 0 Å². The molecule has 230 valence electrons. The molecule has 4 heteroatoms. The van der Waals surface area contributed by atoms with Gasteiger partial charge in [-0.25, -0.2) is 9.97 Å². The fourth-order valence-corrected chi connectivity index (χ4v) is 9.87. The topological polar surface area (TPSA) is 30.7 Å². The Morgan fingerprint density at radius 1 is 0.380 bits per heavy atom. The van der Waals surface area contributed by atoms with Crippen molar-refractivity contribution >= 4 is 107 Å². The highest BCUT2D eigenvalue weighted by molar-refractivity contribution is 7.26. The van der Waals surface area contributed by atoms with E-state index in [0.29, 0.717) is 5.95 Å². The molecule has 0 N–H and O–H groups in total. The molecule has 3 nitrogen and oxygen atoms in total. The lowest BCUT2D eigenvalue weighted by Crippen LogP contribution is -2.03. The molecule has 50 heavy (non-hydrogen) atoms. The number of rotatable bonds is 2. The van der Waals surface area contributed by atoms with Crippen LogP contribution >= 0.6 is 11.3 Å². The van der Waals surface area contributed by atoms with E-state index in [1.165, 1.54) is 74.0 Å². The van der Waals surface area contributed by atoms with E-state index in [-0.39, 0.29) is 0 Å². The summed E-state index contributed by atoms with van der Waals surface area (Å²) in [7, 11) is 0. The van der Waals surface area contributed by atoms with Gasteiger partial charge >= 0.3 is 0 Å². The van der Waals surface area contributed by atoms with Crippen LogP contribution in [0.5, 0.6) is 0 Å². The van der Waals surface area contributed by atoms with Crippen molar-refractivity contribution in [3.05, 3.63) is 152 Å². The summed E-state index contributed by atoms with van der Waals surface area (Å²) in [6.07, 6.45) is 0. The summed E-state index contributed by atoms with van der Waals surface area (Å²) in [5, 5.41) is 16.5. The van der Waals surface area contributed by atoms with Gasteiger partial charge in [0.05, 0.1) is 22.2 Å². The van der Waals surface area contributed by atoms with Crippen LogP contribution in [0.2, 0.25) is 0 Å². The fourth-order valence-electron chi connectivity index (χ4n) is 8.71. The van der Waals surface area contributed by atoms with Gasteiger partial charge in [0.2, 0.25) is 5.95 Å². The van der Waals surface area contributed by atoms with E-state index in [0.717, 1.165) is 33.2 Å². The van der Waals surface area contributed by atoms with Crippen LogP contribution in [0, 0.1) is 0 Å². The van der Waals surface area contributed by atoms with Crippen molar-refractivity contribution in [2.75, 3.05) is 0 Å². The summed E-state index contributed by atoms with van der Waals surface area (Å²) in [5.74, 6) is 0.678. The second-order valence-electron chi connectivity index (χ2n) is 13.3. The molecule has 3 heterocycles. The van der Waals surface area contributed by atoms with Crippen LogP contribution in [0.25, 0.3) is 113 Å². The lowest BCUT2D eigenvalue weighted by molar-refractivity contribution is 1.01. The third-order valence-corrected chi connectivity index (χ3v) is 11.8. The smallest absolute Gasteiger partial charge is 0.235 e. The molecule has 0 saturated carbocycles. The predicted octanol–water partition coefficient (Wildman–Crippen LogP) is 12.8. The van der Waals surface area contributed by atoms with Gasteiger partial charge in [0, 0.05) is 41.9 Å². The Balaban J connectivity index is 1.30. The highest BCUT2D eigenvalue weighted by atomic mass is 32.1. The van der Waals surface area contributed by atoms with Gasteiger partial charge in [-0.2, -0.15) is 0 Å². The third-order valence-electron chi connectivity index (χ3n) is 10.7. The molecule has 0 spiro atoms. The molecule has 0 aliphatic carbocycles. The monoisotopic (exact) mass is 651 g/mol. The summed E-state index contributed by atoms with van der Waals surface area (Å²) >= 11 is 1.89. The first-order valence-corrected chi connectivity index (χ1v) is 17.8. The first kappa shape index (κ1) is 26.6. The standard InChI is InChI=1S/C46H25N3S/c1-2-12-26(13-3-1)45-29-14-4-7-21-36(29)47-46(48-45)49-37-22-8-5-15-30(37)43-32-19-10-17-27-28-18-11-20-33-42(28)35(34(41(27)32)24-38(43)49)25-40-44(33)31-16-6-9-23-39(31)50-40/h1-25H. The number of para-hydroxylation sites is 2. The summed E-state index contributed by atoms with van der Waals surface area (Å²) in [6, 6.07) is 55.0. The zero-order valence-corrected chi connectivity index (χ0v) is 27.5. The summed E-state index contributed by atoms with van der Waals surface area (Å²) < 4.78 is 4.94.